The Balaban J connectivity index is 1.99. The maximum Gasteiger partial charge on any atom is 0.222 e. The quantitative estimate of drug-likeness (QED) is 0.846. The van der Waals surface area contributed by atoms with Crippen LogP contribution in [0.2, 0.25) is 0 Å². The van der Waals surface area contributed by atoms with E-state index >= 15 is 0 Å². The van der Waals surface area contributed by atoms with Crippen LogP contribution in [0.5, 0.6) is 5.75 Å². The summed E-state index contributed by atoms with van der Waals surface area (Å²) < 4.78 is 5.44. The Kier molecular flexibility index (Phi) is 3.07. The maximum atomic E-state index is 11.7. The first-order valence-corrected chi connectivity index (χ1v) is 6.46. The molecule has 0 aliphatic carbocycles. The molecule has 0 radical (unpaired) electrons. The van der Waals surface area contributed by atoms with Crippen molar-refractivity contribution in [3.05, 3.63) is 36.2 Å². The van der Waals surface area contributed by atoms with Crippen molar-refractivity contribution in [2.24, 2.45) is 0 Å². The third kappa shape index (κ3) is 2.26. The van der Waals surface area contributed by atoms with Crippen molar-refractivity contribution in [1.29, 1.82) is 0 Å². The lowest BCUT2D eigenvalue weighted by Gasteiger charge is -2.18. The van der Waals surface area contributed by atoms with Crippen molar-refractivity contribution in [3.63, 3.8) is 0 Å². The number of methoxy groups -OCH3 is 1. The molecule has 3 rings (SSSR count). The fourth-order valence-electron chi connectivity index (χ4n) is 2.55. The summed E-state index contributed by atoms with van der Waals surface area (Å²) in [5.74, 6) is 1.06. The Hall–Kier alpha value is -2.10. The molecule has 1 aliphatic heterocycles. The topological polar surface area (TPSA) is 42.4 Å². The maximum absolute atomic E-state index is 11.7. The molecule has 0 bridgehead atoms. The summed E-state index contributed by atoms with van der Waals surface area (Å²) in [7, 11) is 1.66. The minimum Gasteiger partial charge on any atom is -0.496 e. The first-order valence-electron chi connectivity index (χ1n) is 6.46. The number of rotatable bonds is 3. The van der Waals surface area contributed by atoms with Crippen molar-refractivity contribution >= 4 is 16.7 Å². The fourth-order valence-corrected chi connectivity index (χ4v) is 2.55. The van der Waals surface area contributed by atoms with Gasteiger partial charge in [-0.25, -0.2) is 0 Å². The molecule has 4 heteroatoms. The van der Waals surface area contributed by atoms with Gasteiger partial charge in [0.1, 0.15) is 5.75 Å². The molecule has 0 unspecified atom stereocenters. The molecule has 0 N–H and O–H groups in total. The summed E-state index contributed by atoms with van der Waals surface area (Å²) in [6.45, 7) is 1.46. The van der Waals surface area contributed by atoms with Gasteiger partial charge >= 0.3 is 0 Å². The van der Waals surface area contributed by atoms with E-state index in [0.29, 0.717) is 13.0 Å². The number of ether oxygens (including phenoxy) is 1. The Bertz CT molecular complexity index is 625. The number of hydrogen-bond acceptors (Lipinski definition) is 3. The Labute approximate surface area is 112 Å². The van der Waals surface area contributed by atoms with Gasteiger partial charge in [0.05, 0.1) is 7.11 Å². The van der Waals surface area contributed by atoms with Crippen LogP contribution in [0, 0.1) is 0 Å². The normalized spacial score (nSPS) is 15.2. The molecule has 1 fully saturated rings. The third-order valence-electron chi connectivity index (χ3n) is 3.57. The molecule has 1 aromatic carbocycles. The van der Waals surface area contributed by atoms with E-state index in [-0.39, 0.29) is 5.91 Å². The standard InChI is InChI=1S/C15H16N2O2/c1-19-14-8-11-4-5-16-9-12(11)7-13(14)10-17-6-2-3-15(17)18/h4-5,7-9H,2-3,6,10H2,1H3. The van der Waals surface area contributed by atoms with Crippen LogP contribution in [0.1, 0.15) is 18.4 Å². The van der Waals surface area contributed by atoms with E-state index in [1.54, 1.807) is 13.3 Å². The van der Waals surface area contributed by atoms with Crippen molar-refractivity contribution in [1.82, 2.24) is 9.88 Å². The predicted molar refractivity (Wildman–Crippen MR) is 72.9 cm³/mol. The number of carbonyl (C=O) groups is 1. The van der Waals surface area contributed by atoms with Crippen LogP contribution >= 0.6 is 0 Å². The molecule has 4 nitrogen and oxygen atoms in total. The van der Waals surface area contributed by atoms with Crippen LogP contribution in [0.4, 0.5) is 0 Å². The molecule has 0 saturated carbocycles. The van der Waals surface area contributed by atoms with E-state index in [9.17, 15) is 4.79 Å². The Morgan fingerprint density at radius 1 is 1.37 bits per heavy atom. The third-order valence-corrected chi connectivity index (χ3v) is 3.57. The zero-order valence-corrected chi connectivity index (χ0v) is 10.9. The number of hydrogen-bond donors (Lipinski definition) is 0. The molecular formula is C15H16N2O2. The second-order valence-corrected chi connectivity index (χ2v) is 4.81. The zero-order valence-electron chi connectivity index (χ0n) is 10.9. The van der Waals surface area contributed by atoms with E-state index in [4.69, 9.17) is 4.74 Å². The van der Waals surface area contributed by atoms with Gasteiger partial charge in [0.25, 0.3) is 0 Å². The van der Waals surface area contributed by atoms with Crippen molar-refractivity contribution in [3.8, 4) is 5.75 Å². The first kappa shape index (κ1) is 12.0. The summed E-state index contributed by atoms with van der Waals surface area (Å²) in [6, 6.07) is 6.03. The van der Waals surface area contributed by atoms with Crippen LogP contribution in [0.3, 0.4) is 0 Å². The highest BCUT2D eigenvalue weighted by atomic mass is 16.5. The van der Waals surface area contributed by atoms with Crippen molar-refractivity contribution < 1.29 is 9.53 Å². The van der Waals surface area contributed by atoms with Crippen LogP contribution in [0.25, 0.3) is 10.8 Å². The molecule has 1 amide bonds. The number of amides is 1. The zero-order chi connectivity index (χ0) is 13.2. The van der Waals surface area contributed by atoms with E-state index in [1.807, 2.05) is 23.2 Å². The molecule has 2 aromatic rings. The van der Waals surface area contributed by atoms with Crippen molar-refractivity contribution in [2.45, 2.75) is 19.4 Å². The summed E-state index contributed by atoms with van der Waals surface area (Å²) >= 11 is 0. The number of fused-ring (bicyclic) bond motifs is 1. The summed E-state index contributed by atoms with van der Waals surface area (Å²) in [6.07, 6.45) is 5.23. The van der Waals surface area contributed by atoms with Crippen LogP contribution in [-0.2, 0) is 11.3 Å². The predicted octanol–water partition coefficient (Wildman–Crippen LogP) is 2.37. The van der Waals surface area contributed by atoms with Crippen LogP contribution < -0.4 is 4.74 Å². The van der Waals surface area contributed by atoms with Gasteiger partial charge in [-0.1, -0.05) is 0 Å². The Morgan fingerprint density at radius 3 is 3.00 bits per heavy atom. The van der Waals surface area contributed by atoms with Crippen LogP contribution in [0.15, 0.2) is 30.6 Å². The summed E-state index contributed by atoms with van der Waals surface area (Å²) in [5, 5.41) is 2.17. The van der Waals surface area contributed by atoms with Gasteiger partial charge < -0.3 is 9.64 Å². The van der Waals surface area contributed by atoms with Gasteiger partial charge in [-0.2, -0.15) is 0 Å². The largest absolute Gasteiger partial charge is 0.496 e. The smallest absolute Gasteiger partial charge is 0.222 e. The second kappa shape index (κ2) is 4.88. The van der Waals surface area contributed by atoms with Gasteiger partial charge in [0.15, 0.2) is 0 Å². The number of benzene rings is 1. The number of carbonyl (C=O) groups excluding carboxylic acids is 1. The molecule has 1 aliphatic rings. The van der Waals surface area contributed by atoms with Gasteiger partial charge in [-0.15, -0.1) is 0 Å². The van der Waals surface area contributed by atoms with Gasteiger partial charge in [0, 0.05) is 42.9 Å². The van der Waals surface area contributed by atoms with E-state index < -0.39 is 0 Å². The molecule has 1 saturated heterocycles. The van der Waals surface area contributed by atoms with Gasteiger partial charge in [-0.05, 0) is 30.0 Å². The van der Waals surface area contributed by atoms with E-state index in [0.717, 1.165) is 35.1 Å². The van der Waals surface area contributed by atoms with Gasteiger partial charge in [-0.3, -0.25) is 9.78 Å². The first-order chi connectivity index (χ1) is 9.28. The molecule has 2 heterocycles. The number of likely N-dealkylation sites (tertiary alicyclic amines) is 1. The van der Waals surface area contributed by atoms with E-state index in [2.05, 4.69) is 11.1 Å². The van der Waals surface area contributed by atoms with E-state index in [1.165, 1.54) is 0 Å². The highest BCUT2D eigenvalue weighted by Gasteiger charge is 2.21. The lowest BCUT2D eigenvalue weighted by molar-refractivity contribution is -0.128. The molecule has 0 spiro atoms. The highest BCUT2D eigenvalue weighted by molar-refractivity contribution is 5.84. The fraction of sp³-hybridized carbons (Fsp3) is 0.333. The molecule has 1 aromatic heterocycles. The molecule has 0 atom stereocenters. The summed E-state index contributed by atoms with van der Waals surface area (Å²) in [4.78, 5) is 17.7. The molecule has 98 valence electrons. The number of pyridine rings is 1. The minimum atomic E-state index is 0.230. The summed E-state index contributed by atoms with van der Waals surface area (Å²) in [5.41, 5.74) is 1.04. The lowest BCUT2D eigenvalue weighted by Crippen LogP contribution is -2.24. The average molecular weight is 256 g/mol. The SMILES string of the molecule is COc1cc2ccncc2cc1CN1CCCC1=O. The monoisotopic (exact) mass is 256 g/mol. The minimum absolute atomic E-state index is 0.230. The van der Waals surface area contributed by atoms with Gasteiger partial charge in [0.2, 0.25) is 5.91 Å². The highest BCUT2D eigenvalue weighted by Crippen LogP contribution is 2.27. The number of nitrogens with zero attached hydrogens (tertiary/aromatic N) is 2. The molecule has 19 heavy (non-hydrogen) atoms. The molecular weight excluding hydrogens is 240 g/mol. The Morgan fingerprint density at radius 2 is 2.26 bits per heavy atom. The number of aromatic nitrogens is 1. The van der Waals surface area contributed by atoms with Crippen LogP contribution in [-0.4, -0.2) is 29.4 Å². The average Bonchev–Trinajstić information content (AvgIpc) is 2.83. The lowest BCUT2D eigenvalue weighted by atomic mass is 10.1. The second-order valence-electron chi connectivity index (χ2n) is 4.81. The van der Waals surface area contributed by atoms with Crippen molar-refractivity contribution in [2.75, 3.05) is 13.7 Å².